The molecule has 0 saturated heterocycles. The van der Waals surface area contributed by atoms with E-state index in [-0.39, 0.29) is 11.2 Å². The van der Waals surface area contributed by atoms with Crippen molar-refractivity contribution in [1.29, 1.82) is 0 Å². The highest BCUT2D eigenvalue weighted by Crippen LogP contribution is 2.19. The van der Waals surface area contributed by atoms with Crippen molar-refractivity contribution >= 4 is 26.7 Å². The van der Waals surface area contributed by atoms with Gasteiger partial charge in [-0.1, -0.05) is 0 Å². The minimum absolute atomic E-state index is 0.215. The molecule has 0 aliphatic heterocycles. The van der Waals surface area contributed by atoms with E-state index in [9.17, 15) is 8.42 Å². The first-order valence-electron chi connectivity index (χ1n) is 3.40. The van der Waals surface area contributed by atoms with E-state index < -0.39 is 10.2 Å². The quantitative estimate of drug-likeness (QED) is 0.656. The molecule has 0 amide bonds. The monoisotopic (exact) mass is 222 g/mol. The van der Waals surface area contributed by atoms with E-state index in [4.69, 9.17) is 10.9 Å². The Morgan fingerprint density at radius 1 is 1.69 bits per heavy atom. The van der Waals surface area contributed by atoms with Gasteiger partial charge in [-0.25, -0.2) is 14.8 Å². The van der Waals surface area contributed by atoms with Crippen LogP contribution in [-0.4, -0.2) is 13.4 Å². The van der Waals surface area contributed by atoms with Crippen molar-refractivity contribution in [3.63, 3.8) is 0 Å². The fourth-order valence-electron chi connectivity index (χ4n) is 0.664. The molecule has 0 aliphatic rings. The summed E-state index contributed by atoms with van der Waals surface area (Å²) in [5.41, 5.74) is 6.16. The van der Waals surface area contributed by atoms with Crippen LogP contribution in [0.1, 0.15) is 18.7 Å². The van der Waals surface area contributed by atoms with Gasteiger partial charge >= 0.3 is 0 Å². The minimum Gasteiger partial charge on any atom is -0.323 e. The van der Waals surface area contributed by atoms with Crippen molar-refractivity contribution < 1.29 is 8.42 Å². The van der Waals surface area contributed by atoms with Gasteiger partial charge in [-0.05, 0) is 6.92 Å². The third-order valence-electron chi connectivity index (χ3n) is 1.22. The molecule has 0 fully saturated rings. The number of thiazole rings is 1. The maximum atomic E-state index is 10.6. The molecule has 0 aliphatic carbocycles. The fraction of sp³-hybridized carbons (Fsp3) is 0.400. The molecule has 1 rings (SSSR count). The Labute approximate surface area is 80.1 Å². The second kappa shape index (κ2) is 3.58. The summed E-state index contributed by atoms with van der Waals surface area (Å²) in [6.07, 6.45) is 0. The van der Waals surface area contributed by atoms with Crippen LogP contribution in [0.2, 0.25) is 0 Å². The zero-order valence-corrected chi connectivity index (χ0v) is 8.52. The Morgan fingerprint density at radius 3 is 2.69 bits per heavy atom. The lowest BCUT2D eigenvalue weighted by molar-refractivity contribution is 0.603. The van der Waals surface area contributed by atoms with Gasteiger partial charge in [0.25, 0.3) is 10.2 Å². The molecule has 0 aromatic carbocycles. The number of nitrogens with zero attached hydrogens (tertiary/aromatic N) is 1. The highest BCUT2D eigenvalue weighted by atomic mass is 32.2. The predicted molar refractivity (Wildman–Crippen MR) is 51.4 cm³/mol. The van der Waals surface area contributed by atoms with E-state index in [1.807, 2.05) is 0 Å². The fourth-order valence-corrected chi connectivity index (χ4v) is 2.15. The average Bonchev–Trinajstić information content (AvgIpc) is 2.31. The van der Waals surface area contributed by atoms with Gasteiger partial charge in [0.15, 0.2) is 5.13 Å². The summed E-state index contributed by atoms with van der Waals surface area (Å²) in [6, 6.07) is -0.215. The third-order valence-corrected chi connectivity index (χ3v) is 2.60. The summed E-state index contributed by atoms with van der Waals surface area (Å²) >= 11 is 1.14. The van der Waals surface area contributed by atoms with E-state index in [2.05, 4.69) is 9.71 Å². The molecule has 8 heteroatoms. The van der Waals surface area contributed by atoms with Gasteiger partial charge in [0, 0.05) is 11.4 Å². The first-order valence-corrected chi connectivity index (χ1v) is 5.82. The largest absolute Gasteiger partial charge is 0.323 e. The summed E-state index contributed by atoms with van der Waals surface area (Å²) in [4.78, 5) is 3.92. The molecule has 0 radical (unpaired) electrons. The number of rotatable bonds is 3. The van der Waals surface area contributed by atoms with Crippen molar-refractivity contribution in [1.82, 2.24) is 4.98 Å². The molecular formula is C5H10N4O2S2. The van der Waals surface area contributed by atoms with E-state index in [1.54, 1.807) is 12.3 Å². The molecule has 13 heavy (non-hydrogen) atoms. The second-order valence-electron chi connectivity index (χ2n) is 2.51. The lowest BCUT2D eigenvalue weighted by Gasteiger charge is -1.98. The molecular weight excluding hydrogens is 212 g/mol. The standard InChI is InChI=1S/C5H10N4O2S2/c1-3(6)4-2-12-5(8-4)9-13(7,10)11/h2-3H,6H2,1H3,(H,8,9)(H2,7,10,11). The number of nitrogens with two attached hydrogens (primary N) is 2. The van der Waals surface area contributed by atoms with E-state index >= 15 is 0 Å². The maximum absolute atomic E-state index is 10.6. The van der Waals surface area contributed by atoms with E-state index in [1.165, 1.54) is 0 Å². The first-order chi connectivity index (χ1) is 5.88. The summed E-state index contributed by atoms with van der Waals surface area (Å²) in [5, 5.41) is 6.66. The highest BCUT2D eigenvalue weighted by molar-refractivity contribution is 7.90. The van der Waals surface area contributed by atoms with Gasteiger partial charge in [0.2, 0.25) is 0 Å². The Morgan fingerprint density at radius 2 is 2.31 bits per heavy atom. The average molecular weight is 222 g/mol. The molecule has 74 valence electrons. The Hall–Kier alpha value is -0.700. The molecule has 1 unspecified atom stereocenters. The number of hydrogen-bond acceptors (Lipinski definition) is 5. The number of nitrogens with one attached hydrogen (secondary N) is 1. The molecule has 5 N–H and O–H groups in total. The molecule has 0 saturated carbocycles. The van der Waals surface area contributed by atoms with Crippen molar-refractivity contribution in [2.24, 2.45) is 10.9 Å². The second-order valence-corrected chi connectivity index (χ2v) is 4.67. The van der Waals surface area contributed by atoms with Gasteiger partial charge in [-0.2, -0.15) is 8.42 Å². The predicted octanol–water partition coefficient (Wildman–Crippen LogP) is -0.222. The van der Waals surface area contributed by atoms with E-state index in [0.29, 0.717) is 5.69 Å². The van der Waals surface area contributed by atoms with Crippen molar-refractivity contribution in [2.45, 2.75) is 13.0 Å². The van der Waals surface area contributed by atoms with Crippen LogP contribution in [0.3, 0.4) is 0 Å². The number of anilines is 1. The van der Waals surface area contributed by atoms with Crippen LogP contribution in [0.4, 0.5) is 5.13 Å². The molecule has 6 nitrogen and oxygen atoms in total. The zero-order valence-electron chi connectivity index (χ0n) is 6.89. The smallest absolute Gasteiger partial charge is 0.298 e. The SMILES string of the molecule is CC(N)c1csc(NS(N)(=O)=O)n1. The van der Waals surface area contributed by atoms with Gasteiger partial charge in [0.1, 0.15) is 0 Å². The van der Waals surface area contributed by atoms with Gasteiger partial charge in [-0.15, -0.1) is 11.3 Å². The summed E-state index contributed by atoms with van der Waals surface area (Å²) < 4.78 is 23.2. The molecule has 1 heterocycles. The Bertz CT molecular complexity index is 383. The van der Waals surface area contributed by atoms with Crippen molar-refractivity contribution in [2.75, 3.05) is 4.72 Å². The van der Waals surface area contributed by atoms with E-state index in [0.717, 1.165) is 11.3 Å². The van der Waals surface area contributed by atoms with Crippen LogP contribution in [0, 0.1) is 0 Å². The van der Waals surface area contributed by atoms with Crippen LogP contribution >= 0.6 is 11.3 Å². The van der Waals surface area contributed by atoms with Crippen LogP contribution in [-0.2, 0) is 10.2 Å². The first kappa shape index (κ1) is 10.4. The molecule has 1 aromatic rings. The van der Waals surface area contributed by atoms with Crippen LogP contribution < -0.4 is 15.6 Å². The van der Waals surface area contributed by atoms with Crippen LogP contribution in [0.25, 0.3) is 0 Å². The third kappa shape index (κ3) is 3.27. The normalized spacial score (nSPS) is 14.1. The number of aromatic nitrogens is 1. The minimum atomic E-state index is -3.73. The van der Waals surface area contributed by atoms with Gasteiger partial charge < -0.3 is 5.73 Å². The van der Waals surface area contributed by atoms with Crippen molar-refractivity contribution in [3.8, 4) is 0 Å². The highest BCUT2D eigenvalue weighted by Gasteiger charge is 2.08. The Balaban J connectivity index is 2.81. The van der Waals surface area contributed by atoms with Crippen LogP contribution in [0.5, 0.6) is 0 Å². The zero-order chi connectivity index (χ0) is 10.1. The summed E-state index contributed by atoms with van der Waals surface area (Å²) in [7, 11) is -3.73. The summed E-state index contributed by atoms with van der Waals surface area (Å²) in [5.74, 6) is 0. The molecule has 1 atom stereocenters. The number of hydrogen-bond donors (Lipinski definition) is 3. The molecule has 0 bridgehead atoms. The lowest BCUT2D eigenvalue weighted by atomic mass is 10.3. The summed E-state index contributed by atoms with van der Waals surface area (Å²) in [6.45, 7) is 1.76. The van der Waals surface area contributed by atoms with Gasteiger partial charge in [-0.3, -0.25) is 0 Å². The maximum Gasteiger partial charge on any atom is 0.298 e. The van der Waals surface area contributed by atoms with Gasteiger partial charge in [0.05, 0.1) is 5.69 Å². The topological polar surface area (TPSA) is 111 Å². The molecule has 0 spiro atoms. The van der Waals surface area contributed by atoms with Crippen LogP contribution in [0.15, 0.2) is 5.38 Å². The lowest BCUT2D eigenvalue weighted by Crippen LogP contribution is -2.21. The van der Waals surface area contributed by atoms with Crippen molar-refractivity contribution in [3.05, 3.63) is 11.1 Å². The Kier molecular flexibility index (Phi) is 2.86. The molecule has 1 aromatic heterocycles.